The average molecular weight is 231 g/mol. The van der Waals surface area contributed by atoms with Crippen molar-refractivity contribution in [2.45, 2.75) is 6.92 Å². The van der Waals surface area contributed by atoms with Gasteiger partial charge >= 0.3 is 0 Å². The molecule has 1 rings (SSSR count). The molecular weight excluding hydrogens is 214 g/mol. The number of ether oxygens (including phenoxy) is 2. The number of rotatable bonds is 6. The zero-order valence-corrected chi connectivity index (χ0v) is 10.2. The van der Waals surface area contributed by atoms with Crippen LogP contribution in [0.1, 0.15) is 12.5 Å². The Bertz CT molecular complexity index is 418. The molecule has 0 atom stereocenters. The van der Waals surface area contributed by atoms with Crippen LogP contribution in [0.25, 0.3) is 0 Å². The van der Waals surface area contributed by atoms with Crippen LogP contribution in [0.4, 0.5) is 0 Å². The molecule has 0 aliphatic heterocycles. The Balaban J connectivity index is 2.93. The molecule has 0 saturated heterocycles. The zero-order valence-electron chi connectivity index (χ0n) is 10.2. The smallest absolute Gasteiger partial charge is 0.144 e. The van der Waals surface area contributed by atoms with Gasteiger partial charge < -0.3 is 9.47 Å². The second-order valence-corrected chi connectivity index (χ2v) is 3.30. The minimum Gasteiger partial charge on any atom is -0.497 e. The fourth-order valence-electron chi connectivity index (χ4n) is 1.37. The monoisotopic (exact) mass is 231 g/mol. The number of methoxy groups -OCH3 is 1. The van der Waals surface area contributed by atoms with Crippen molar-refractivity contribution in [3.8, 4) is 5.75 Å². The highest BCUT2D eigenvalue weighted by Gasteiger charge is 2.08. The molecule has 90 valence electrons. The summed E-state index contributed by atoms with van der Waals surface area (Å²) in [6.07, 6.45) is 3.30. The van der Waals surface area contributed by atoms with Crippen LogP contribution in [0, 0.1) is 5.41 Å². The van der Waals surface area contributed by atoms with Gasteiger partial charge in [-0.3, -0.25) is 5.41 Å². The highest BCUT2D eigenvalue weighted by molar-refractivity contribution is 6.09. The van der Waals surface area contributed by atoms with Crippen molar-refractivity contribution in [3.05, 3.63) is 54.3 Å². The third-order valence-corrected chi connectivity index (χ3v) is 2.19. The van der Waals surface area contributed by atoms with Gasteiger partial charge in [-0.1, -0.05) is 12.7 Å². The maximum Gasteiger partial charge on any atom is 0.144 e. The Morgan fingerprint density at radius 1 is 1.35 bits per heavy atom. The van der Waals surface area contributed by atoms with Gasteiger partial charge in [0.15, 0.2) is 0 Å². The van der Waals surface area contributed by atoms with E-state index in [1.165, 1.54) is 0 Å². The molecule has 1 N–H and O–H groups in total. The largest absolute Gasteiger partial charge is 0.497 e. The number of hydrogen-bond acceptors (Lipinski definition) is 3. The summed E-state index contributed by atoms with van der Waals surface area (Å²) >= 11 is 0. The van der Waals surface area contributed by atoms with E-state index in [4.69, 9.17) is 14.9 Å². The van der Waals surface area contributed by atoms with E-state index in [-0.39, 0.29) is 0 Å². The fourth-order valence-corrected chi connectivity index (χ4v) is 1.37. The predicted octanol–water partition coefficient (Wildman–Crippen LogP) is 3.17. The molecule has 0 aliphatic rings. The Morgan fingerprint density at radius 3 is 2.47 bits per heavy atom. The second-order valence-electron chi connectivity index (χ2n) is 3.30. The highest BCUT2D eigenvalue weighted by atomic mass is 16.5. The molecule has 0 heterocycles. The summed E-state index contributed by atoms with van der Waals surface area (Å²) in [5, 5.41) is 8.04. The lowest BCUT2D eigenvalue weighted by atomic mass is 10.1. The maximum absolute atomic E-state index is 8.04. The van der Waals surface area contributed by atoms with Crippen molar-refractivity contribution < 1.29 is 9.47 Å². The van der Waals surface area contributed by atoms with Crippen LogP contribution in [0.2, 0.25) is 0 Å². The first kappa shape index (κ1) is 13.0. The normalized spacial score (nSPS) is 10.8. The summed E-state index contributed by atoms with van der Waals surface area (Å²) in [5.41, 5.74) is 1.13. The zero-order chi connectivity index (χ0) is 12.7. The molecule has 0 radical (unpaired) electrons. The van der Waals surface area contributed by atoms with Gasteiger partial charge in [-0.05, 0) is 37.3 Å². The van der Waals surface area contributed by atoms with Crippen molar-refractivity contribution in [3.63, 3.8) is 0 Å². The Hall–Kier alpha value is -2.03. The molecule has 0 spiro atoms. The quantitative estimate of drug-likeness (QED) is 0.464. The van der Waals surface area contributed by atoms with E-state index in [1.807, 2.05) is 31.2 Å². The van der Waals surface area contributed by atoms with E-state index in [0.29, 0.717) is 18.1 Å². The SMILES string of the molecule is C=C/C=C(/OCC)C(=N)c1ccc(OC)cc1. The molecule has 0 amide bonds. The van der Waals surface area contributed by atoms with Crippen molar-refractivity contribution in [1.82, 2.24) is 0 Å². The predicted molar refractivity (Wildman–Crippen MR) is 69.7 cm³/mol. The van der Waals surface area contributed by atoms with E-state index in [0.717, 1.165) is 11.3 Å². The second kappa shape index (κ2) is 6.53. The number of allylic oxidation sites excluding steroid dienone is 3. The molecule has 3 heteroatoms. The molecule has 0 bridgehead atoms. The summed E-state index contributed by atoms with van der Waals surface area (Å²) in [6, 6.07) is 7.30. The van der Waals surface area contributed by atoms with E-state index in [9.17, 15) is 0 Å². The first-order valence-electron chi connectivity index (χ1n) is 5.41. The maximum atomic E-state index is 8.04. The molecule has 0 fully saturated rings. The molecule has 0 aromatic heterocycles. The first-order chi connectivity index (χ1) is 8.22. The fraction of sp³-hybridized carbons (Fsp3) is 0.214. The van der Waals surface area contributed by atoms with Crippen molar-refractivity contribution >= 4 is 5.71 Å². The molecule has 0 saturated carbocycles. The molecule has 17 heavy (non-hydrogen) atoms. The summed E-state index contributed by atoms with van der Waals surface area (Å²) in [6.45, 7) is 6.03. The molecule has 0 aliphatic carbocycles. The van der Waals surface area contributed by atoms with Crippen molar-refractivity contribution in [2.24, 2.45) is 0 Å². The van der Waals surface area contributed by atoms with Gasteiger partial charge in [0.25, 0.3) is 0 Å². The lowest BCUT2D eigenvalue weighted by molar-refractivity contribution is 0.249. The lowest BCUT2D eigenvalue weighted by Gasteiger charge is -2.10. The Labute approximate surface area is 102 Å². The van der Waals surface area contributed by atoms with E-state index >= 15 is 0 Å². The van der Waals surface area contributed by atoms with Crippen LogP contribution in [0.5, 0.6) is 5.75 Å². The third-order valence-electron chi connectivity index (χ3n) is 2.19. The summed E-state index contributed by atoms with van der Waals surface area (Å²) in [4.78, 5) is 0. The Morgan fingerprint density at radius 2 is 2.00 bits per heavy atom. The highest BCUT2D eigenvalue weighted by Crippen LogP contribution is 2.15. The van der Waals surface area contributed by atoms with Crippen molar-refractivity contribution in [1.29, 1.82) is 5.41 Å². The van der Waals surface area contributed by atoms with E-state index < -0.39 is 0 Å². The Kier molecular flexibility index (Phi) is 5.01. The van der Waals surface area contributed by atoms with Gasteiger partial charge in [0, 0.05) is 5.56 Å². The van der Waals surface area contributed by atoms with Crippen LogP contribution in [0.15, 0.2) is 48.8 Å². The minimum absolute atomic E-state index is 0.342. The average Bonchev–Trinajstić information content (AvgIpc) is 2.38. The minimum atomic E-state index is 0.342. The van der Waals surface area contributed by atoms with Gasteiger partial charge in [0.05, 0.1) is 13.7 Å². The van der Waals surface area contributed by atoms with Crippen LogP contribution in [0.3, 0.4) is 0 Å². The summed E-state index contributed by atoms with van der Waals surface area (Å²) in [5.74, 6) is 1.29. The number of benzene rings is 1. The van der Waals surface area contributed by atoms with Gasteiger partial charge in [0.2, 0.25) is 0 Å². The molecule has 1 aromatic rings. The van der Waals surface area contributed by atoms with Crippen molar-refractivity contribution in [2.75, 3.05) is 13.7 Å². The number of hydrogen-bond donors (Lipinski definition) is 1. The third kappa shape index (κ3) is 3.48. The summed E-state index contributed by atoms with van der Waals surface area (Å²) < 4.78 is 10.5. The number of nitrogens with one attached hydrogen (secondary N) is 1. The summed E-state index contributed by atoms with van der Waals surface area (Å²) in [7, 11) is 1.61. The standard InChI is InChI=1S/C14H17NO2/c1-4-6-13(17-5-2)14(15)11-7-9-12(16-3)10-8-11/h4,6-10,15H,1,5H2,2-3H3/b13-6+,15-14?. The van der Waals surface area contributed by atoms with Crippen LogP contribution < -0.4 is 4.74 Å². The van der Waals surface area contributed by atoms with Gasteiger partial charge in [-0.15, -0.1) is 0 Å². The van der Waals surface area contributed by atoms with Crippen LogP contribution in [-0.4, -0.2) is 19.4 Å². The van der Waals surface area contributed by atoms with Gasteiger partial charge in [-0.2, -0.15) is 0 Å². The van der Waals surface area contributed by atoms with Gasteiger partial charge in [-0.25, -0.2) is 0 Å². The van der Waals surface area contributed by atoms with Crippen LogP contribution in [-0.2, 0) is 4.74 Å². The molecular formula is C14H17NO2. The van der Waals surface area contributed by atoms with Gasteiger partial charge in [0.1, 0.15) is 17.2 Å². The molecule has 3 nitrogen and oxygen atoms in total. The van der Waals surface area contributed by atoms with E-state index in [2.05, 4.69) is 6.58 Å². The topological polar surface area (TPSA) is 42.3 Å². The van der Waals surface area contributed by atoms with Crippen LogP contribution >= 0.6 is 0 Å². The molecule has 1 aromatic carbocycles. The molecule has 0 unspecified atom stereocenters. The lowest BCUT2D eigenvalue weighted by Crippen LogP contribution is -2.07. The van der Waals surface area contributed by atoms with E-state index in [1.54, 1.807) is 19.3 Å². The first-order valence-corrected chi connectivity index (χ1v) is 5.41.